The number of nitrogens with zero attached hydrogens (tertiary/aromatic N) is 1. The molecule has 0 spiro atoms. The predicted molar refractivity (Wildman–Crippen MR) is 103 cm³/mol. The molecule has 0 fully saturated rings. The number of pyridine rings is 1. The zero-order valence-electron chi connectivity index (χ0n) is 13.2. The number of amides is 1. The molecule has 1 heterocycles. The van der Waals surface area contributed by atoms with Gasteiger partial charge in [-0.05, 0) is 18.2 Å². The van der Waals surface area contributed by atoms with E-state index in [2.05, 4.69) is 31.5 Å². The topological polar surface area (TPSA) is 71.1 Å². The highest BCUT2D eigenvalue weighted by Crippen LogP contribution is 2.22. The summed E-state index contributed by atoms with van der Waals surface area (Å²) in [5.74, 6) is 0.270. The number of Topliss-reactive ketones (excluding diaryl/α,β-unsaturated/α-hetero) is 1. The van der Waals surface area contributed by atoms with Crippen LogP contribution in [0.25, 0.3) is 0 Å². The van der Waals surface area contributed by atoms with Crippen LogP contribution in [0.1, 0.15) is 23.2 Å². The van der Waals surface area contributed by atoms with Crippen molar-refractivity contribution in [3.05, 3.63) is 56.6 Å². The van der Waals surface area contributed by atoms with E-state index in [4.69, 9.17) is 23.2 Å². The van der Waals surface area contributed by atoms with Crippen molar-refractivity contribution < 1.29 is 9.59 Å². The SMILES string of the molecule is O=C(CCC(=O)c1ccc(Br)cc1)NCCNc1ncc(Cl)cc1Cl. The molecule has 2 rings (SSSR count). The summed E-state index contributed by atoms with van der Waals surface area (Å²) >= 11 is 15.1. The number of aromatic nitrogens is 1. The Bertz CT molecular complexity index is 754. The minimum atomic E-state index is -0.178. The fourth-order valence-corrected chi connectivity index (χ4v) is 2.73. The number of carbonyl (C=O) groups excluding carboxylic acids is 2. The van der Waals surface area contributed by atoms with Crippen LogP contribution in [0.5, 0.6) is 0 Å². The van der Waals surface area contributed by atoms with Crippen LogP contribution in [-0.4, -0.2) is 29.8 Å². The van der Waals surface area contributed by atoms with Gasteiger partial charge in [0.05, 0.1) is 10.0 Å². The standard InChI is InChI=1S/C17H16BrCl2N3O2/c18-12-3-1-11(2-4-12)15(24)5-6-16(25)21-7-8-22-17-14(20)9-13(19)10-23-17/h1-4,9-10H,5-8H2,(H,21,25)(H,22,23). The van der Waals surface area contributed by atoms with Crippen LogP contribution in [-0.2, 0) is 4.79 Å². The third-order valence-electron chi connectivity index (χ3n) is 3.29. The van der Waals surface area contributed by atoms with Crippen LogP contribution in [0.4, 0.5) is 5.82 Å². The van der Waals surface area contributed by atoms with Gasteiger partial charge in [0.2, 0.25) is 5.91 Å². The summed E-state index contributed by atoms with van der Waals surface area (Å²) in [7, 11) is 0. The molecular formula is C17H16BrCl2N3O2. The monoisotopic (exact) mass is 443 g/mol. The van der Waals surface area contributed by atoms with Gasteiger partial charge in [-0.3, -0.25) is 9.59 Å². The summed E-state index contributed by atoms with van der Waals surface area (Å²) in [6.07, 6.45) is 1.81. The fraction of sp³-hybridized carbons (Fsp3) is 0.235. The van der Waals surface area contributed by atoms with Crippen molar-refractivity contribution in [1.29, 1.82) is 0 Å². The molecule has 132 valence electrons. The maximum atomic E-state index is 12.0. The number of hydrogen-bond acceptors (Lipinski definition) is 4. The third-order valence-corrected chi connectivity index (χ3v) is 4.32. The van der Waals surface area contributed by atoms with E-state index in [0.717, 1.165) is 4.47 Å². The first-order valence-corrected chi connectivity index (χ1v) is 9.11. The van der Waals surface area contributed by atoms with Gasteiger partial charge in [0, 0.05) is 42.2 Å². The van der Waals surface area contributed by atoms with E-state index in [9.17, 15) is 9.59 Å². The Morgan fingerprint density at radius 2 is 1.80 bits per heavy atom. The van der Waals surface area contributed by atoms with Gasteiger partial charge in [0.25, 0.3) is 0 Å². The first-order valence-electron chi connectivity index (χ1n) is 7.56. The van der Waals surface area contributed by atoms with Crippen molar-refractivity contribution in [1.82, 2.24) is 10.3 Å². The average molecular weight is 445 g/mol. The minimum Gasteiger partial charge on any atom is -0.367 e. The molecule has 0 saturated carbocycles. The molecule has 0 aliphatic carbocycles. The molecule has 0 aliphatic heterocycles. The van der Waals surface area contributed by atoms with Crippen LogP contribution in [0.15, 0.2) is 41.0 Å². The maximum absolute atomic E-state index is 12.0. The molecule has 1 amide bonds. The number of benzene rings is 1. The van der Waals surface area contributed by atoms with Crippen LogP contribution in [0, 0.1) is 0 Å². The summed E-state index contributed by atoms with van der Waals surface area (Å²) in [6.45, 7) is 0.854. The highest BCUT2D eigenvalue weighted by Gasteiger charge is 2.09. The van der Waals surface area contributed by atoms with Crippen molar-refractivity contribution in [3.63, 3.8) is 0 Å². The molecule has 1 aromatic heterocycles. The van der Waals surface area contributed by atoms with Gasteiger partial charge in [0.15, 0.2) is 5.78 Å². The summed E-state index contributed by atoms with van der Waals surface area (Å²) in [5, 5.41) is 6.62. The van der Waals surface area contributed by atoms with E-state index in [-0.39, 0.29) is 24.5 Å². The molecular weight excluding hydrogens is 429 g/mol. The molecule has 2 aromatic rings. The highest BCUT2D eigenvalue weighted by atomic mass is 79.9. The zero-order chi connectivity index (χ0) is 18.2. The quantitative estimate of drug-likeness (QED) is 0.469. The van der Waals surface area contributed by atoms with Gasteiger partial charge >= 0.3 is 0 Å². The van der Waals surface area contributed by atoms with Crippen LogP contribution < -0.4 is 10.6 Å². The van der Waals surface area contributed by atoms with Crippen LogP contribution in [0.2, 0.25) is 10.0 Å². The Hall–Kier alpha value is -1.63. The average Bonchev–Trinajstić information content (AvgIpc) is 2.58. The molecule has 0 radical (unpaired) electrons. The molecule has 0 atom stereocenters. The van der Waals surface area contributed by atoms with E-state index < -0.39 is 0 Å². The molecule has 8 heteroatoms. The first kappa shape index (κ1) is 19.7. The fourth-order valence-electron chi connectivity index (χ4n) is 2.02. The number of ketones is 1. The lowest BCUT2D eigenvalue weighted by molar-refractivity contribution is -0.120. The van der Waals surface area contributed by atoms with E-state index in [1.807, 2.05) is 0 Å². The second-order valence-corrected chi connectivity index (χ2v) is 6.95. The molecule has 5 nitrogen and oxygen atoms in total. The van der Waals surface area contributed by atoms with Gasteiger partial charge in [-0.1, -0.05) is 51.3 Å². The molecule has 25 heavy (non-hydrogen) atoms. The van der Waals surface area contributed by atoms with Gasteiger partial charge in [-0.15, -0.1) is 0 Å². The van der Waals surface area contributed by atoms with E-state index >= 15 is 0 Å². The lowest BCUT2D eigenvalue weighted by Crippen LogP contribution is -2.29. The van der Waals surface area contributed by atoms with Gasteiger partial charge in [0.1, 0.15) is 5.82 Å². The lowest BCUT2D eigenvalue weighted by Gasteiger charge is -2.08. The Kier molecular flexibility index (Phi) is 7.68. The molecule has 1 aromatic carbocycles. The number of hydrogen-bond donors (Lipinski definition) is 2. The molecule has 0 bridgehead atoms. The molecule has 2 N–H and O–H groups in total. The number of anilines is 1. The largest absolute Gasteiger partial charge is 0.367 e. The number of carbonyl (C=O) groups is 2. The maximum Gasteiger partial charge on any atom is 0.220 e. The summed E-state index contributed by atoms with van der Waals surface area (Å²) in [4.78, 5) is 27.9. The van der Waals surface area contributed by atoms with Gasteiger partial charge < -0.3 is 10.6 Å². The summed E-state index contributed by atoms with van der Waals surface area (Å²) in [6, 6.07) is 8.66. The second-order valence-electron chi connectivity index (χ2n) is 5.19. The number of nitrogens with one attached hydrogen (secondary N) is 2. The second kappa shape index (κ2) is 9.75. The van der Waals surface area contributed by atoms with Crippen molar-refractivity contribution in [2.75, 3.05) is 18.4 Å². The van der Waals surface area contributed by atoms with E-state index in [0.29, 0.717) is 34.5 Å². The molecule has 0 aliphatic rings. The number of rotatable bonds is 8. The van der Waals surface area contributed by atoms with Crippen molar-refractivity contribution in [3.8, 4) is 0 Å². The van der Waals surface area contributed by atoms with Crippen molar-refractivity contribution >= 4 is 56.6 Å². The van der Waals surface area contributed by atoms with E-state index in [1.165, 1.54) is 6.20 Å². The minimum absolute atomic E-state index is 0.0575. The predicted octanol–water partition coefficient (Wildman–Crippen LogP) is 4.34. The zero-order valence-corrected chi connectivity index (χ0v) is 16.3. The van der Waals surface area contributed by atoms with E-state index in [1.54, 1.807) is 30.3 Å². The third kappa shape index (κ3) is 6.65. The van der Waals surface area contributed by atoms with Crippen LogP contribution >= 0.6 is 39.1 Å². The lowest BCUT2D eigenvalue weighted by atomic mass is 10.1. The summed E-state index contributed by atoms with van der Waals surface area (Å²) in [5.41, 5.74) is 0.598. The van der Waals surface area contributed by atoms with Gasteiger partial charge in [-0.2, -0.15) is 0 Å². The van der Waals surface area contributed by atoms with Crippen molar-refractivity contribution in [2.24, 2.45) is 0 Å². The van der Waals surface area contributed by atoms with Crippen LogP contribution in [0.3, 0.4) is 0 Å². The Labute approximate surface area is 164 Å². The number of halogens is 3. The van der Waals surface area contributed by atoms with Crippen molar-refractivity contribution in [2.45, 2.75) is 12.8 Å². The smallest absolute Gasteiger partial charge is 0.220 e. The Balaban J connectivity index is 1.67. The molecule has 0 saturated heterocycles. The Morgan fingerprint density at radius 1 is 1.08 bits per heavy atom. The highest BCUT2D eigenvalue weighted by molar-refractivity contribution is 9.10. The molecule has 0 unspecified atom stereocenters. The van der Waals surface area contributed by atoms with Gasteiger partial charge in [-0.25, -0.2) is 4.98 Å². The first-order chi connectivity index (χ1) is 12.0. The normalized spacial score (nSPS) is 10.4. The Morgan fingerprint density at radius 3 is 2.48 bits per heavy atom. The summed E-state index contributed by atoms with van der Waals surface area (Å²) < 4.78 is 0.907.